The van der Waals surface area contributed by atoms with E-state index in [1.807, 2.05) is 0 Å². The third-order valence-electron chi connectivity index (χ3n) is 5.64. The zero-order valence-corrected chi connectivity index (χ0v) is 14.9. The van der Waals surface area contributed by atoms with Gasteiger partial charge < -0.3 is 0 Å². The molecule has 1 aliphatic carbocycles. The molecule has 1 nitrogen and oxygen atoms in total. The zero-order valence-electron chi connectivity index (χ0n) is 14.9. The lowest BCUT2D eigenvalue weighted by Crippen LogP contribution is -2.40. The van der Waals surface area contributed by atoms with Gasteiger partial charge in [-0.25, -0.2) is 0 Å². The van der Waals surface area contributed by atoms with Crippen LogP contribution in [0.1, 0.15) is 70.8 Å². The van der Waals surface area contributed by atoms with Crippen molar-refractivity contribution in [2.24, 2.45) is 11.8 Å². The molecule has 0 amide bonds. The largest absolute Gasteiger partial charge is 0.197 e. The molecule has 2 unspecified atom stereocenters. The highest BCUT2D eigenvalue weighted by Crippen LogP contribution is 2.49. The van der Waals surface area contributed by atoms with Crippen LogP contribution in [0.25, 0.3) is 0 Å². The summed E-state index contributed by atoms with van der Waals surface area (Å²) in [5.41, 5.74) is 2.16. The summed E-state index contributed by atoms with van der Waals surface area (Å²) in [5, 5.41) is 10.4. The summed E-state index contributed by atoms with van der Waals surface area (Å²) in [7, 11) is 0. The van der Waals surface area contributed by atoms with Crippen LogP contribution < -0.4 is 0 Å². The van der Waals surface area contributed by atoms with E-state index in [0.717, 1.165) is 25.7 Å². The molecule has 0 aliphatic heterocycles. The number of hydrogen-bond donors (Lipinski definition) is 0. The Labute approximate surface area is 142 Å². The van der Waals surface area contributed by atoms with Crippen molar-refractivity contribution in [2.75, 3.05) is 0 Å². The summed E-state index contributed by atoms with van der Waals surface area (Å²) in [5.74, 6) is 0.941. The van der Waals surface area contributed by atoms with Gasteiger partial charge in [0, 0.05) is 0 Å². The molecule has 2 rings (SSSR count). The predicted molar refractivity (Wildman–Crippen MR) is 98.1 cm³/mol. The molecule has 124 valence electrons. The van der Waals surface area contributed by atoms with E-state index >= 15 is 0 Å². The number of benzene rings is 1. The van der Waals surface area contributed by atoms with E-state index in [1.54, 1.807) is 0 Å². The molecule has 0 radical (unpaired) electrons. The van der Waals surface area contributed by atoms with Crippen LogP contribution in [0.4, 0.5) is 0 Å². The van der Waals surface area contributed by atoms with Crippen molar-refractivity contribution in [3.63, 3.8) is 0 Å². The first kappa shape index (κ1) is 17.8. The molecule has 1 heteroatoms. The van der Waals surface area contributed by atoms with Gasteiger partial charge in [0.05, 0.1) is 11.5 Å². The molecule has 2 atom stereocenters. The molecule has 1 saturated carbocycles. The van der Waals surface area contributed by atoms with Crippen molar-refractivity contribution in [3.8, 4) is 6.07 Å². The van der Waals surface area contributed by atoms with Crippen molar-refractivity contribution < 1.29 is 0 Å². The van der Waals surface area contributed by atoms with Crippen molar-refractivity contribution in [2.45, 2.75) is 70.6 Å². The summed E-state index contributed by atoms with van der Waals surface area (Å²) in [6.07, 6.45) is 9.36. The van der Waals surface area contributed by atoms with Crippen LogP contribution >= 0.6 is 0 Å². The third kappa shape index (κ3) is 3.86. The van der Waals surface area contributed by atoms with Crippen LogP contribution in [-0.4, -0.2) is 0 Å². The average molecular weight is 309 g/mol. The normalized spacial score (nSPS) is 19.0. The van der Waals surface area contributed by atoms with E-state index in [1.165, 1.54) is 36.8 Å². The second-order valence-electron chi connectivity index (χ2n) is 7.31. The molecule has 0 aromatic heterocycles. The van der Waals surface area contributed by atoms with Crippen LogP contribution in [0, 0.1) is 23.2 Å². The Hall–Kier alpha value is -1.55. The average Bonchev–Trinajstić information content (AvgIpc) is 3.09. The van der Waals surface area contributed by atoms with Crippen molar-refractivity contribution in [3.05, 3.63) is 48.0 Å². The Morgan fingerprint density at radius 1 is 1.26 bits per heavy atom. The molecule has 23 heavy (non-hydrogen) atoms. The Balaban J connectivity index is 2.44. The lowest BCUT2D eigenvalue weighted by molar-refractivity contribution is 0.207. The highest BCUT2D eigenvalue weighted by Gasteiger charge is 2.47. The number of allylic oxidation sites excluding steroid dienone is 1. The lowest BCUT2D eigenvalue weighted by atomic mass is 9.60. The molecular formula is C22H31N. The van der Waals surface area contributed by atoms with Gasteiger partial charge in [-0.1, -0.05) is 62.1 Å². The van der Waals surface area contributed by atoms with Gasteiger partial charge in [0.15, 0.2) is 0 Å². The minimum atomic E-state index is -0.316. The fraction of sp³-hybridized carbons (Fsp3) is 0.591. The summed E-state index contributed by atoms with van der Waals surface area (Å²) in [4.78, 5) is 0. The summed E-state index contributed by atoms with van der Waals surface area (Å²) < 4.78 is 0. The van der Waals surface area contributed by atoms with Crippen LogP contribution in [0.2, 0.25) is 0 Å². The number of nitriles is 1. The van der Waals surface area contributed by atoms with Gasteiger partial charge in [0.2, 0.25) is 0 Å². The summed E-state index contributed by atoms with van der Waals surface area (Å²) in [6, 6.07) is 13.5. The first-order valence-electron chi connectivity index (χ1n) is 9.26. The smallest absolute Gasteiger partial charge is 0.0878 e. The van der Waals surface area contributed by atoms with Gasteiger partial charge in [-0.15, -0.1) is 6.58 Å². The van der Waals surface area contributed by atoms with E-state index in [2.05, 4.69) is 56.8 Å². The zero-order chi connectivity index (χ0) is 16.7. The highest BCUT2D eigenvalue weighted by atomic mass is 14.5. The van der Waals surface area contributed by atoms with Crippen LogP contribution in [0.3, 0.4) is 0 Å². The second kappa shape index (κ2) is 8.34. The fourth-order valence-corrected chi connectivity index (χ4v) is 4.52. The fourth-order valence-electron chi connectivity index (χ4n) is 4.52. The van der Waals surface area contributed by atoms with Gasteiger partial charge in [-0.05, 0) is 56.4 Å². The van der Waals surface area contributed by atoms with E-state index in [4.69, 9.17) is 0 Å². The van der Waals surface area contributed by atoms with Crippen molar-refractivity contribution in [1.82, 2.24) is 0 Å². The lowest BCUT2D eigenvalue weighted by Gasteiger charge is -2.41. The summed E-state index contributed by atoms with van der Waals surface area (Å²) >= 11 is 0. The molecule has 0 spiro atoms. The molecule has 0 heterocycles. The maximum atomic E-state index is 10.4. The van der Waals surface area contributed by atoms with Crippen LogP contribution in [0.5, 0.6) is 0 Å². The SMILES string of the molecule is C=C(C)CCC(CCC)C(C#N)(c1ccccc1)C1CCCC1. The first-order chi connectivity index (χ1) is 11.1. The van der Waals surface area contributed by atoms with Crippen molar-refractivity contribution >= 4 is 0 Å². The van der Waals surface area contributed by atoms with Crippen LogP contribution in [0.15, 0.2) is 42.5 Å². The Morgan fingerprint density at radius 2 is 1.91 bits per heavy atom. The quantitative estimate of drug-likeness (QED) is 0.509. The minimum absolute atomic E-state index is 0.316. The number of hydrogen-bond acceptors (Lipinski definition) is 1. The molecule has 1 aromatic carbocycles. The number of nitrogens with zero attached hydrogens (tertiary/aromatic N) is 1. The highest BCUT2D eigenvalue weighted by molar-refractivity contribution is 5.35. The van der Waals surface area contributed by atoms with Crippen LogP contribution in [-0.2, 0) is 5.41 Å². The van der Waals surface area contributed by atoms with E-state index < -0.39 is 0 Å². The monoisotopic (exact) mass is 309 g/mol. The summed E-state index contributed by atoms with van der Waals surface area (Å²) in [6.45, 7) is 8.43. The second-order valence-corrected chi connectivity index (χ2v) is 7.31. The standard InChI is InChI=1S/C22H31N/c1-4-10-19(16-15-18(2)3)22(17-23,21-13-8-9-14-21)20-11-6-5-7-12-20/h5-7,11-12,19,21H,2,4,8-10,13-16H2,1,3H3. The molecule has 1 aliphatic rings. The van der Waals surface area contributed by atoms with Gasteiger partial charge in [-0.3, -0.25) is 0 Å². The molecule has 0 bridgehead atoms. The molecule has 1 aromatic rings. The molecular weight excluding hydrogens is 278 g/mol. The first-order valence-corrected chi connectivity index (χ1v) is 9.26. The van der Waals surface area contributed by atoms with E-state index in [9.17, 15) is 5.26 Å². The maximum Gasteiger partial charge on any atom is 0.0878 e. The van der Waals surface area contributed by atoms with E-state index in [0.29, 0.717) is 11.8 Å². The van der Waals surface area contributed by atoms with Gasteiger partial charge in [-0.2, -0.15) is 5.26 Å². The Bertz CT molecular complexity index is 533. The predicted octanol–water partition coefficient (Wildman–Crippen LogP) is 6.41. The van der Waals surface area contributed by atoms with Crippen molar-refractivity contribution in [1.29, 1.82) is 5.26 Å². The maximum absolute atomic E-state index is 10.4. The van der Waals surface area contributed by atoms with Gasteiger partial charge in [0.1, 0.15) is 0 Å². The minimum Gasteiger partial charge on any atom is -0.197 e. The molecule has 0 saturated heterocycles. The van der Waals surface area contributed by atoms with Gasteiger partial charge >= 0.3 is 0 Å². The van der Waals surface area contributed by atoms with Gasteiger partial charge in [0.25, 0.3) is 0 Å². The molecule has 0 N–H and O–H groups in total. The molecule has 1 fully saturated rings. The Morgan fingerprint density at radius 3 is 2.43 bits per heavy atom. The Kier molecular flexibility index (Phi) is 6.46. The third-order valence-corrected chi connectivity index (χ3v) is 5.64. The number of rotatable bonds is 8. The topological polar surface area (TPSA) is 23.8 Å². The van der Waals surface area contributed by atoms with E-state index in [-0.39, 0.29) is 5.41 Å².